The molecule has 1 heterocycles. The van der Waals surface area contributed by atoms with Crippen molar-refractivity contribution in [1.29, 1.82) is 0 Å². The number of ketones is 1. The average molecular weight is 453 g/mol. The fourth-order valence-corrected chi connectivity index (χ4v) is 3.76. The van der Waals surface area contributed by atoms with Crippen molar-refractivity contribution in [3.8, 4) is 11.5 Å². The maximum absolute atomic E-state index is 13.1. The van der Waals surface area contributed by atoms with Crippen LogP contribution < -0.4 is 9.47 Å². The number of ether oxygens (including phenoxy) is 2. The van der Waals surface area contributed by atoms with E-state index in [-0.39, 0.29) is 11.3 Å². The Kier molecular flexibility index (Phi) is 8.11. The molecule has 0 radical (unpaired) electrons. The zero-order chi connectivity index (χ0) is 24.0. The van der Waals surface area contributed by atoms with Crippen molar-refractivity contribution in [3.63, 3.8) is 0 Å². The van der Waals surface area contributed by atoms with Gasteiger partial charge in [0.2, 0.25) is 0 Å². The van der Waals surface area contributed by atoms with E-state index in [9.17, 15) is 14.7 Å². The quantitative estimate of drug-likeness (QED) is 0.335. The Morgan fingerprint density at radius 3 is 2.15 bits per heavy atom. The molecule has 0 spiro atoms. The Hall–Kier alpha value is -3.32. The summed E-state index contributed by atoms with van der Waals surface area (Å²) in [5.41, 5.74) is 1.28. The van der Waals surface area contributed by atoms with Gasteiger partial charge < -0.3 is 24.4 Å². The smallest absolute Gasteiger partial charge is 0.295 e. The molecule has 1 saturated heterocycles. The van der Waals surface area contributed by atoms with E-state index < -0.39 is 17.7 Å². The fraction of sp³-hybridized carbons (Fsp3) is 0.385. The van der Waals surface area contributed by atoms with Crippen molar-refractivity contribution in [2.75, 3.05) is 40.4 Å². The SMILES string of the molecule is CCCOc1ccc([C@@H]2/C(=C(\O)c3ccc(OCC)cc3)C(=O)C(=O)N2CCN(C)C)cc1. The number of carbonyl (C=O) groups is 2. The Labute approximate surface area is 195 Å². The zero-order valence-corrected chi connectivity index (χ0v) is 19.7. The molecule has 7 nitrogen and oxygen atoms in total. The molecule has 2 aromatic rings. The first kappa shape index (κ1) is 24.3. The summed E-state index contributed by atoms with van der Waals surface area (Å²) in [6.45, 7) is 6.01. The topological polar surface area (TPSA) is 79.3 Å². The number of hydrogen-bond acceptors (Lipinski definition) is 6. The van der Waals surface area contributed by atoms with E-state index in [1.165, 1.54) is 4.90 Å². The van der Waals surface area contributed by atoms with Gasteiger partial charge in [0.15, 0.2) is 0 Å². The summed E-state index contributed by atoms with van der Waals surface area (Å²) < 4.78 is 11.1. The number of Topliss-reactive ketones (excluding diaryl/α,β-unsaturated/α-hetero) is 1. The van der Waals surface area contributed by atoms with Crippen LogP contribution in [0.15, 0.2) is 54.1 Å². The normalized spacial score (nSPS) is 17.6. The summed E-state index contributed by atoms with van der Waals surface area (Å²) in [4.78, 5) is 29.5. The molecule has 1 fully saturated rings. The molecular formula is C26H32N2O5. The number of hydrogen-bond donors (Lipinski definition) is 1. The largest absolute Gasteiger partial charge is 0.507 e. The second-order valence-electron chi connectivity index (χ2n) is 8.17. The van der Waals surface area contributed by atoms with Gasteiger partial charge in [0, 0.05) is 18.7 Å². The van der Waals surface area contributed by atoms with Gasteiger partial charge in [-0.2, -0.15) is 0 Å². The lowest BCUT2D eigenvalue weighted by Gasteiger charge is -2.26. The Balaban J connectivity index is 2.04. The van der Waals surface area contributed by atoms with Crippen LogP contribution in [0.2, 0.25) is 0 Å². The molecule has 1 amide bonds. The molecule has 1 aliphatic rings. The molecule has 0 aromatic heterocycles. The van der Waals surface area contributed by atoms with Crippen molar-refractivity contribution in [2.45, 2.75) is 26.3 Å². The molecule has 0 aliphatic carbocycles. The third-order valence-corrected chi connectivity index (χ3v) is 5.44. The fourth-order valence-electron chi connectivity index (χ4n) is 3.76. The highest BCUT2D eigenvalue weighted by Gasteiger charge is 2.45. The van der Waals surface area contributed by atoms with Gasteiger partial charge in [0.05, 0.1) is 24.8 Å². The highest BCUT2D eigenvalue weighted by molar-refractivity contribution is 6.46. The summed E-state index contributed by atoms with van der Waals surface area (Å²) in [5, 5.41) is 11.1. The van der Waals surface area contributed by atoms with E-state index in [0.29, 0.717) is 37.6 Å². The Morgan fingerprint density at radius 1 is 0.970 bits per heavy atom. The molecule has 1 aliphatic heterocycles. The molecule has 0 saturated carbocycles. The van der Waals surface area contributed by atoms with Crippen LogP contribution in [0.1, 0.15) is 37.4 Å². The van der Waals surface area contributed by atoms with Gasteiger partial charge in [0.25, 0.3) is 11.7 Å². The number of aliphatic hydroxyl groups is 1. The van der Waals surface area contributed by atoms with Crippen molar-refractivity contribution in [3.05, 3.63) is 65.2 Å². The minimum absolute atomic E-state index is 0.0881. The van der Waals surface area contributed by atoms with E-state index in [0.717, 1.165) is 17.7 Å². The minimum Gasteiger partial charge on any atom is -0.507 e. The first-order valence-electron chi connectivity index (χ1n) is 11.3. The first-order chi connectivity index (χ1) is 15.9. The summed E-state index contributed by atoms with van der Waals surface area (Å²) >= 11 is 0. The number of rotatable bonds is 10. The molecular weight excluding hydrogens is 420 g/mol. The van der Waals surface area contributed by atoms with Gasteiger partial charge in [-0.05, 0) is 69.4 Å². The van der Waals surface area contributed by atoms with Gasteiger partial charge in [0.1, 0.15) is 17.3 Å². The number of amides is 1. The number of aliphatic hydroxyl groups excluding tert-OH is 1. The van der Waals surface area contributed by atoms with Gasteiger partial charge in [-0.1, -0.05) is 19.1 Å². The number of nitrogens with zero attached hydrogens (tertiary/aromatic N) is 2. The lowest BCUT2D eigenvalue weighted by Crippen LogP contribution is -2.35. The van der Waals surface area contributed by atoms with E-state index >= 15 is 0 Å². The predicted molar refractivity (Wildman–Crippen MR) is 127 cm³/mol. The van der Waals surface area contributed by atoms with Crippen molar-refractivity contribution >= 4 is 17.4 Å². The third kappa shape index (κ3) is 5.54. The van der Waals surface area contributed by atoms with Crippen molar-refractivity contribution < 1.29 is 24.2 Å². The highest BCUT2D eigenvalue weighted by atomic mass is 16.5. The van der Waals surface area contributed by atoms with E-state index in [4.69, 9.17) is 9.47 Å². The molecule has 2 aromatic carbocycles. The zero-order valence-electron chi connectivity index (χ0n) is 19.7. The molecule has 1 N–H and O–H groups in total. The average Bonchev–Trinajstić information content (AvgIpc) is 3.06. The standard InChI is InChI=1S/C26H32N2O5/c1-5-17-33-21-11-7-18(8-12-21)23-22(25(30)26(31)28(23)16-15-27(3)4)24(29)19-9-13-20(14-10-19)32-6-2/h7-14,23,29H,5-6,15-17H2,1-4H3/b24-22+/t23-/m1/s1. The first-order valence-corrected chi connectivity index (χ1v) is 11.3. The van der Waals surface area contributed by atoms with Crippen LogP contribution in [-0.2, 0) is 9.59 Å². The Morgan fingerprint density at radius 2 is 1.58 bits per heavy atom. The van der Waals surface area contributed by atoms with Gasteiger partial charge in [-0.3, -0.25) is 9.59 Å². The molecule has 7 heteroatoms. The minimum atomic E-state index is -0.684. The lowest BCUT2D eigenvalue weighted by molar-refractivity contribution is -0.140. The number of likely N-dealkylation sites (tertiary alicyclic amines) is 1. The summed E-state index contributed by atoms with van der Waals surface area (Å²) in [6.07, 6.45) is 0.897. The summed E-state index contributed by atoms with van der Waals surface area (Å²) in [6, 6.07) is 13.5. The van der Waals surface area contributed by atoms with Crippen LogP contribution in [-0.4, -0.2) is 67.0 Å². The van der Waals surface area contributed by atoms with Gasteiger partial charge in [-0.15, -0.1) is 0 Å². The maximum atomic E-state index is 13.1. The number of benzene rings is 2. The second kappa shape index (κ2) is 11.0. The summed E-state index contributed by atoms with van der Waals surface area (Å²) in [5.74, 6) is -0.103. The number of carbonyl (C=O) groups excluding carboxylic acids is 2. The van der Waals surface area contributed by atoms with E-state index in [2.05, 4.69) is 0 Å². The van der Waals surface area contributed by atoms with Crippen molar-refractivity contribution in [2.24, 2.45) is 0 Å². The second-order valence-corrected chi connectivity index (χ2v) is 8.17. The predicted octanol–water partition coefficient (Wildman–Crippen LogP) is 3.86. The Bertz CT molecular complexity index is 996. The highest BCUT2D eigenvalue weighted by Crippen LogP contribution is 2.39. The van der Waals surface area contributed by atoms with Crippen LogP contribution in [0, 0.1) is 0 Å². The molecule has 0 bridgehead atoms. The third-order valence-electron chi connectivity index (χ3n) is 5.44. The van der Waals surface area contributed by atoms with E-state index in [1.54, 1.807) is 24.3 Å². The monoisotopic (exact) mass is 452 g/mol. The van der Waals surface area contributed by atoms with Crippen LogP contribution in [0.3, 0.4) is 0 Å². The molecule has 3 rings (SSSR count). The molecule has 33 heavy (non-hydrogen) atoms. The summed E-state index contributed by atoms with van der Waals surface area (Å²) in [7, 11) is 3.82. The van der Waals surface area contributed by atoms with Gasteiger partial charge >= 0.3 is 0 Å². The van der Waals surface area contributed by atoms with Crippen molar-refractivity contribution in [1.82, 2.24) is 9.80 Å². The molecule has 1 atom stereocenters. The maximum Gasteiger partial charge on any atom is 0.295 e. The van der Waals surface area contributed by atoms with Crippen LogP contribution in [0.4, 0.5) is 0 Å². The van der Waals surface area contributed by atoms with Crippen LogP contribution in [0.5, 0.6) is 11.5 Å². The molecule has 176 valence electrons. The van der Waals surface area contributed by atoms with E-state index in [1.807, 2.05) is 57.1 Å². The molecule has 0 unspecified atom stereocenters. The van der Waals surface area contributed by atoms with Crippen LogP contribution in [0.25, 0.3) is 5.76 Å². The van der Waals surface area contributed by atoms with Gasteiger partial charge in [-0.25, -0.2) is 0 Å². The lowest BCUT2D eigenvalue weighted by atomic mass is 9.95. The van der Waals surface area contributed by atoms with Crippen LogP contribution >= 0.6 is 0 Å². The number of likely N-dealkylation sites (N-methyl/N-ethyl adjacent to an activating group) is 1.